The van der Waals surface area contributed by atoms with Crippen LogP contribution in [0.1, 0.15) is 176 Å². The summed E-state index contributed by atoms with van der Waals surface area (Å²) in [6, 6.07) is 3.08. The van der Waals surface area contributed by atoms with Crippen LogP contribution in [0, 0.1) is 0 Å². The predicted molar refractivity (Wildman–Crippen MR) is 186 cm³/mol. The fourth-order valence-electron chi connectivity index (χ4n) is 5.15. The molecule has 0 spiro atoms. The van der Waals surface area contributed by atoms with E-state index in [4.69, 9.17) is 9.47 Å². The molecule has 262 valence electrons. The van der Waals surface area contributed by atoms with E-state index in [1.807, 2.05) is 0 Å². The molecule has 0 amide bonds. The van der Waals surface area contributed by atoms with Gasteiger partial charge < -0.3 is 14.0 Å². The number of carbonyl (C=O) groups is 2. The molecule has 9 heteroatoms. The third-order valence-corrected chi connectivity index (χ3v) is 8.83. The number of unbranched alkanes of at least 4 members (excludes halogenated alkanes) is 18. The molecular formula is C38H61NaO7S. The second-order valence-corrected chi connectivity index (χ2v) is 13.6. The van der Waals surface area contributed by atoms with Crippen LogP contribution in [0.5, 0.6) is 0 Å². The van der Waals surface area contributed by atoms with E-state index in [0.717, 1.165) is 69.6 Å². The van der Waals surface area contributed by atoms with Gasteiger partial charge in [0.25, 0.3) is 0 Å². The van der Waals surface area contributed by atoms with Crippen LogP contribution in [0.15, 0.2) is 47.4 Å². The minimum Gasteiger partial charge on any atom is -0.744 e. The van der Waals surface area contributed by atoms with Gasteiger partial charge >= 0.3 is 41.5 Å². The Morgan fingerprint density at radius 1 is 0.574 bits per heavy atom. The first kappa shape index (κ1) is 45.6. The normalized spacial score (nSPS) is 11.6. The van der Waals surface area contributed by atoms with Gasteiger partial charge in [-0.05, 0) is 95.2 Å². The summed E-state index contributed by atoms with van der Waals surface area (Å²) in [6.45, 7) is 4.78. The molecular weight excluding hydrogens is 623 g/mol. The van der Waals surface area contributed by atoms with Gasteiger partial charge in [0.1, 0.15) is 10.1 Å². The van der Waals surface area contributed by atoms with Gasteiger partial charge in [-0.15, -0.1) is 0 Å². The van der Waals surface area contributed by atoms with E-state index in [1.165, 1.54) is 77.0 Å². The summed E-state index contributed by atoms with van der Waals surface area (Å²) < 4.78 is 45.4. The zero-order chi connectivity index (χ0) is 33.7. The molecule has 0 radical (unpaired) electrons. The van der Waals surface area contributed by atoms with Crippen LogP contribution in [-0.2, 0) is 19.6 Å². The molecule has 0 aromatic heterocycles. The van der Waals surface area contributed by atoms with Gasteiger partial charge in [0.15, 0.2) is 0 Å². The maximum Gasteiger partial charge on any atom is 1.00 e. The number of benzene rings is 1. The standard InChI is InChI=1S/C38H62O7S.Na/c1-3-5-7-9-11-13-15-17-19-21-23-25-27-31-44-37(39)35-30-29-34(46(41,42)43)33-36(35)38(40)45-32-28-26-24-22-20-18-16-14-12-10-8-6-4-2;/h17-20,29-30,33H,3-16,21-28,31-32H2,1-2H3,(H,41,42,43);/q;+1/p-1/b19-17+,20-18+;. The smallest absolute Gasteiger partial charge is 0.744 e. The molecule has 0 heterocycles. The molecule has 0 aliphatic heterocycles. The van der Waals surface area contributed by atoms with E-state index in [1.54, 1.807) is 0 Å². The third kappa shape index (κ3) is 24.4. The first-order chi connectivity index (χ1) is 22.3. The molecule has 0 aliphatic carbocycles. The molecule has 1 aromatic carbocycles. The Balaban J connectivity index is 0.0000212. The Kier molecular flexibility index (Phi) is 29.7. The van der Waals surface area contributed by atoms with Crippen molar-refractivity contribution >= 4 is 22.1 Å². The largest absolute Gasteiger partial charge is 1.00 e. The quantitative estimate of drug-likeness (QED) is 0.0280. The molecule has 0 saturated heterocycles. The third-order valence-electron chi connectivity index (χ3n) is 8.00. The SMILES string of the molecule is CCCCCCCC/C=C/CCCCCOC(=O)c1ccc(S(=O)(=O)[O-])cc1C(=O)OCCCCC/C=C/CCCCCCCC.[Na+]. The molecule has 0 N–H and O–H groups in total. The first-order valence-corrected chi connectivity index (χ1v) is 19.5. The van der Waals surface area contributed by atoms with Gasteiger partial charge in [-0.25, -0.2) is 18.0 Å². The average molecular weight is 685 g/mol. The van der Waals surface area contributed by atoms with Crippen LogP contribution in [0.25, 0.3) is 0 Å². The fourth-order valence-corrected chi connectivity index (χ4v) is 5.65. The summed E-state index contributed by atoms with van der Waals surface area (Å²) in [5.41, 5.74) is -0.374. The molecule has 1 rings (SSSR count). The number of hydrogen-bond donors (Lipinski definition) is 0. The molecule has 47 heavy (non-hydrogen) atoms. The van der Waals surface area contributed by atoms with Crippen molar-refractivity contribution < 1.29 is 61.6 Å². The van der Waals surface area contributed by atoms with Crippen LogP contribution in [0.4, 0.5) is 0 Å². The van der Waals surface area contributed by atoms with Gasteiger partial charge in [0, 0.05) is 0 Å². The summed E-state index contributed by atoms with van der Waals surface area (Å²) in [4.78, 5) is 25.0. The Morgan fingerprint density at radius 3 is 1.34 bits per heavy atom. The van der Waals surface area contributed by atoms with Crippen molar-refractivity contribution in [3.05, 3.63) is 53.6 Å². The molecule has 7 nitrogen and oxygen atoms in total. The first-order valence-electron chi connectivity index (χ1n) is 18.0. The number of rotatable bonds is 29. The fraction of sp³-hybridized carbons (Fsp3) is 0.684. The van der Waals surface area contributed by atoms with Crippen molar-refractivity contribution in [2.24, 2.45) is 0 Å². The monoisotopic (exact) mass is 684 g/mol. The van der Waals surface area contributed by atoms with E-state index < -0.39 is 27.0 Å². The molecule has 0 bridgehead atoms. The number of esters is 2. The van der Waals surface area contributed by atoms with Crippen LogP contribution < -0.4 is 29.6 Å². The number of ether oxygens (including phenoxy) is 2. The van der Waals surface area contributed by atoms with E-state index in [2.05, 4.69) is 38.2 Å². The zero-order valence-electron chi connectivity index (χ0n) is 29.8. The zero-order valence-corrected chi connectivity index (χ0v) is 32.6. The van der Waals surface area contributed by atoms with Gasteiger partial charge in [0.2, 0.25) is 0 Å². The summed E-state index contributed by atoms with van der Waals surface area (Å²) in [5, 5.41) is 0. The molecule has 0 fully saturated rings. The Labute approximate surface area is 308 Å². The van der Waals surface area contributed by atoms with Crippen LogP contribution in [-0.4, -0.2) is 38.1 Å². The summed E-state index contributed by atoms with van der Waals surface area (Å²) in [6.07, 6.45) is 33.7. The van der Waals surface area contributed by atoms with E-state index in [9.17, 15) is 22.6 Å². The Hall–Kier alpha value is -1.45. The minimum atomic E-state index is -4.82. The predicted octanol–water partition coefficient (Wildman–Crippen LogP) is 7.64. The van der Waals surface area contributed by atoms with Crippen molar-refractivity contribution in [1.82, 2.24) is 0 Å². The second-order valence-electron chi connectivity index (χ2n) is 12.2. The number of allylic oxidation sites excluding steroid dienone is 4. The van der Waals surface area contributed by atoms with E-state index in [-0.39, 0.29) is 53.9 Å². The minimum absolute atomic E-state index is 0. The van der Waals surface area contributed by atoms with Gasteiger partial charge in [-0.2, -0.15) is 0 Å². The Morgan fingerprint density at radius 2 is 0.936 bits per heavy atom. The summed E-state index contributed by atoms with van der Waals surface area (Å²) in [7, 11) is -4.82. The van der Waals surface area contributed by atoms with Gasteiger partial charge in [-0.1, -0.05) is 102 Å². The summed E-state index contributed by atoms with van der Waals surface area (Å²) >= 11 is 0. The van der Waals surface area contributed by atoms with E-state index >= 15 is 0 Å². The molecule has 1 aromatic rings. The molecule has 0 saturated carbocycles. The maximum absolute atomic E-state index is 12.8. The van der Waals surface area contributed by atoms with Crippen molar-refractivity contribution in [2.75, 3.05) is 13.2 Å². The summed E-state index contributed by atoms with van der Waals surface area (Å²) in [5.74, 6) is -1.59. The topological polar surface area (TPSA) is 110 Å². The molecule has 0 atom stereocenters. The van der Waals surface area contributed by atoms with Crippen LogP contribution in [0.2, 0.25) is 0 Å². The molecule has 0 aliphatic rings. The Bertz CT molecular complexity index is 1120. The second kappa shape index (κ2) is 30.6. The van der Waals surface area contributed by atoms with E-state index in [0.29, 0.717) is 12.8 Å². The van der Waals surface area contributed by atoms with Crippen LogP contribution >= 0.6 is 0 Å². The van der Waals surface area contributed by atoms with Crippen molar-refractivity contribution in [3.8, 4) is 0 Å². The number of hydrogen-bond acceptors (Lipinski definition) is 7. The van der Waals surface area contributed by atoms with Crippen molar-refractivity contribution in [3.63, 3.8) is 0 Å². The maximum atomic E-state index is 12.8. The van der Waals surface area contributed by atoms with Crippen molar-refractivity contribution in [1.29, 1.82) is 0 Å². The van der Waals surface area contributed by atoms with Crippen molar-refractivity contribution in [2.45, 2.75) is 160 Å². The van der Waals surface area contributed by atoms with Gasteiger partial charge in [-0.3, -0.25) is 0 Å². The van der Waals surface area contributed by atoms with Crippen LogP contribution in [0.3, 0.4) is 0 Å². The number of carbonyl (C=O) groups excluding carboxylic acids is 2. The van der Waals surface area contributed by atoms with Gasteiger partial charge in [0.05, 0.1) is 29.2 Å². The molecule has 0 unspecified atom stereocenters. The average Bonchev–Trinajstić information content (AvgIpc) is 3.04.